The van der Waals surface area contributed by atoms with Crippen LogP contribution in [0.4, 0.5) is 5.82 Å². The van der Waals surface area contributed by atoms with E-state index in [-0.39, 0.29) is 11.9 Å². The monoisotopic (exact) mass is 336 g/mol. The second-order valence-corrected chi connectivity index (χ2v) is 5.93. The van der Waals surface area contributed by atoms with E-state index in [0.29, 0.717) is 24.4 Å². The summed E-state index contributed by atoms with van der Waals surface area (Å²) < 4.78 is 5.34. The fourth-order valence-corrected chi connectivity index (χ4v) is 3.38. The van der Waals surface area contributed by atoms with E-state index in [0.717, 1.165) is 23.3 Å². The molecule has 1 aliphatic rings. The van der Waals surface area contributed by atoms with E-state index < -0.39 is 5.92 Å². The van der Waals surface area contributed by atoms with Crippen LogP contribution in [0.1, 0.15) is 49.3 Å². The van der Waals surface area contributed by atoms with E-state index in [1.807, 2.05) is 25.1 Å². The topological polar surface area (TPSA) is 91.1 Å². The van der Waals surface area contributed by atoms with Gasteiger partial charge >= 0.3 is 5.97 Å². The van der Waals surface area contributed by atoms with Crippen LogP contribution in [0, 0.1) is 17.2 Å². The maximum Gasteiger partial charge on any atom is 0.315 e. The van der Waals surface area contributed by atoms with Crippen molar-refractivity contribution >= 4 is 17.5 Å². The fraction of sp³-hybridized carbons (Fsp3) is 0.368. The van der Waals surface area contributed by atoms with Gasteiger partial charge in [-0.3, -0.25) is 9.89 Å². The lowest BCUT2D eigenvalue weighted by atomic mass is 9.75. The van der Waals surface area contributed by atoms with Gasteiger partial charge in [-0.15, -0.1) is 0 Å². The summed E-state index contributed by atoms with van der Waals surface area (Å²) >= 11 is 0. The SMILES string of the molecule is CCCC1=Nc2[nH]ncc2C(c2ccccc2C#N)C1C(=O)OCC. The van der Waals surface area contributed by atoms with Gasteiger partial charge in [-0.05, 0) is 25.0 Å². The van der Waals surface area contributed by atoms with Crippen molar-refractivity contribution < 1.29 is 9.53 Å². The van der Waals surface area contributed by atoms with Gasteiger partial charge in [-0.25, -0.2) is 4.99 Å². The number of carbonyl (C=O) groups is 1. The Hall–Kier alpha value is -2.94. The maximum absolute atomic E-state index is 12.8. The number of ether oxygens (including phenoxy) is 1. The summed E-state index contributed by atoms with van der Waals surface area (Å²) in [5.74, 6) is -0.525. The third-order valence-electron chi connectivity index (χ3n) is 4.39. The van der Waals surface area contributed by atoms with Crippen LogP contribution in [0.15, 0.2) is 35.5 Å². The van der Waals surface area contributed by atoms with Crippen molar-refractivity contribution in [2.24, 2.45) is 10.9 Å². The summed E-state index contributed by atoms with van der Waals surface area (Å²) in [5.41, 5.74) is 2.94. The highest BCUT2D eigenvalue weighted by atomic mass is 16.5. The summed E-state index contributed by atoms with van der Waals surface area (Å²) in [4.78, 5) is 17.4. The molecule has 1 N–H and O–H groups in total. The van der Waals surface area contributed by atoms with E-state index in [2.05, 4.69) is 21.3 Å². The molecule has 1 aromatic heterocycles. The van der Waals surface area contributed by atoms with Crippen LogP contribution in [0.2, 0.25) is 0 Å². The number of nitrogens with one attached hydrogen (secondary N) is 1. The largest absolute Gasteiger partial charge is 0.465 e. The molecule has 1 aliphatic heterocycles. The van der Waals surface area contributed by atoms with Crippen LogP contribution >= 0.6 is 0 Å². The number of aromatic nitrogens is 2. The Bertz CT molecular complexity index is 847. The fourth-order valence-electron chi connectivity index (χ4n) is 3.38. The minimum atomic E-state index is -0.542. The molecule has 6 nitrogen and oxygen atoms in total. The number of hydrogen-bond donors (Lipinski definition) is 1. The molecule has 2 atom stereocenters. The quantitative estimate of drug-likeness (QED) is 0.846. The summed E-state index contributed by atoms with van der Waals surface area (Å²) in [6, 6.07) is 9.59. The van der Waals surface area contributed by atoms with Crippen LogP contribution in [-0.2, 0) is 9.53 Å². The summed E-state index contributed by atoms with van der Waals surface area (Å²) in [6.07, 6.45) is 3.24. The van der Waals surface area contributed by atoms with Crippen LogP contribution in [0.25, 0.3) is 0 Å². The molecule has 2 unspecified atom stereocenters. The summed E-state index contributed by atoms with van der Waals surface area (Å²) in [7, 11) is 0. The first-order valence-electron chi connectivity index (χ1n) is 8.47. The molecule has 0 fully saturated rings. The second-order valence-electron chi connectivity index (χ2n) is 5.93. The molecular formula is C19H20N4O2. The molecule has 6 heteroatoms. The summed E-state index contributed by atoms with van der Waals surface area (Å²) in [5, 5.41) is 16.5. The first-order valence-corrected chi connectivity index (χ1v) is 8.47. The molecule has 128 valence electrons. The molecule has 0 saturated heterocycles. The Balaban J connectivity index is 2.19. The highest BCUT2D eigenvalue weighted by Crippen LogP contribution is 2.43. The number of rotatable bonds is 5. The molecule has 1 aromatic carbocycles. The number of nitriles is 1. The number of esters is 1. The predicted octanol–water partition coefficient (Wildman–Crippen LogP) is 3.48. The highest BCUT2D eigenvalue weighted by molar-refractivity contribution is 6.06. The molecule has 0 radical (unpaired) electrons. The zero-order valence-corrected chi connectivity index (χ0v) is 14.3. The standard InChI is InChI=1S/C19H20N4O2/c1-3-7-15-17(19(24)25-4-2)16(14-11-21-23-18(14)22-15)13-9-6-5-8-12(13)10-20/h5-6,8-9,11,16-17H,3-4,7H2,1-2H3,(H,21,23). The van der Waals surface area contributed by atoms with Gasteiger partial charge in [0.15, 0.2) is 5.82 Å². The molecule has 0 spiro atoms. The zero-order chi connectivity index (χ0) is 17.8. The Morgan fingerprint density at radius 1 is 1.32 bits per heavy atom. The molecule has 0 bridgehead atoms. The van der Waals surface area contributed by atoms with E-state index in [1.165, 1.54) is 0 Å². The smallest absolute Gasteiger partial charge is 0.315 e. The second kappa shape index (κ2) is 7.31. The van der Waals surface area contributed by atoms with Gasteiger partial charge < -0.3 is 4.74 Å². The average Bonchev–Trinajstić information content (AvgIpc) is 3.09. The normalized spacial score (nSPS) is 18.8. The van der Waals surface area contributed by atoms with Gasteiger partial charge in [0, 0.05) is 17.2 Å². The van der Waals surface area contributed by atoms with Gasteiger partial charge in [-0.1, -0.05) is 31.5 Å². The molecular weight excluding hydrogens is 316 g/mol. The Labute approximate surface area is 146 Å². The first kappa shape index (κ1) is 16.9. The van der Waals surface area contributed by atoms with Crippen molar-refractivity contribution in [3.8, 4) is 6.07 Å². The van der Waals surface area contributed by atoms with Crippen molar-refractivity contribution in [2.75, 3.05) is 6.61 Å². The third kappa shape index (κ3) is 3.05. The van der Waals surface area contributed by atoms with E-state index >= 15 is 0 Å². The number of hydrogen-bond acceptors (Lipinski definition) is 5. The van der Waals surface area contributed by atoms with Crippen molar-refractivity contribution in [1.29, 1.82) is 5.26 Å². The molecule has 25 heavy (non-hydrogen) atoms. The third-order valence-corrected chi connectivity index (χ3v) is 4.39. The minimum absolute atomic E-state index is 0.305. The lowest BCUT2D eigenvalue weighted by molar-refractivity contribution is -0.146. The van der Waals surface area contributed by atoms with Crippen molar-refractivity contribution in [3.63, 3.8) is 0 Å². The Morgan fingerprint density at radius 3 is 2.84 bits per heavy atom. The molecule has 2 heterocycles. The number of benzene rings is 1. The Morgan fingerprint density at radius 2 is 2.12 bits per heavy atom. The van der Waals surface area contributed by atoms with Crippen LogP contribution in [0.3, 0.4) is 0 Å². The number of aromatic amines is 1. The average molecular weight is 336 g/mol. The summed E-state index contributed by atoms with van der Waals surface area (Å²) in [6.45, 7) is 4.14. The molecule has 0 amide bonds. The molecule has 0 aliphatic carbocycles. The van der Waals surface area contributed by atoms with Crippen LogP contribution in [-0.4, -0.2) is 28.5 Å². The van der Waals surface area contributed by atoms with Crippen LogP contribution in [0.5, 0.6) is 0 Å². The van der Waals surface area contributed by atoms with Gasteiger partial charge in [0.05, 0.1) is 24.4 Å². The molecule has 0 saturated carbocycles. The number of carbonyl (C=O) groups excluding carboxylic acids is 1. The van der Waals surface area contributed by atoms with Gasteiger partial charge in [0.1, 0.15) is 5.92 Å². The van der Waals surface area contributed by atoms with Gasteiger partial charge in [0.2, 0.25) is 0 Å². The van der Waals surface area contributed by atoms with Gasteiger partial charge in [-0.2, -0.15) is 10.4 Å². The lowest BCUT2D eigenvalue weighted by Crippen LogP contribution is -2.34. The number of aliphatic imine (C=N–C) groups is 1. The Kier molecular flexibility index (Phi) is 4.94. The highest BCUT2D eigenvalue weighted by Gasteiger charge is 2.41. The first-order chi connectivity index (χ1) is 12.2. The zero-order valence-electron chi connectivity index (χ0n) is 14.3. The van der Waals surface area contributed by atoms with Gasteiger partial charge in [0.25, 0.3) is 0 Å². The number of H-pyrrole nitrogens is 1. The van der Waals surface area contributed by atoms with Crippen LogP contribution < -0.4 is 0 Å². The molecule has 3 rings (SSSR count). The van der Waals surface area contributed by atoms with E-state index in [1.54, 1.807) is 19.2 Å². The number of nitrogens with zero attached hydrogens (tertiary/aromatic N) is 3. The van der Waals surface area contributed by atoms with Crippen molar-refractivity contribution in [3.05, 3.63) is 47.2 Å². The predicted molar refractivity (Wildman–Crippen MR) is 93.7 cm³/mol. The lowest BCUT2D eigenvalue weighted by Gasteiger charge is -2.30. The number of fused-ring (bicyclic) bond motifs is 1. The maximum atomic E-state index is 12.8. The van der Waals surface area contributed by atoms with Crippen molar-refractivity contribution in [1.82, 2.24) is 10.2 Å². The van der Waals surface area contributed by atoms with Crippen molar-refractivity contribution in [2.45, 2.75) is 32.6 Å². The molecule has 2 aromatic rings. The van der Waals surface area contributed by atoms with E-state index in [4.69, 9.17) is 4.74 Å². The van der Waals surface area contributed by atoms with E-state index in [9.17, 15) is 10.1 Å². The minimum Gasteiger partial charge on any atom is -0.465 e.